The van der Waals surface area contributed by atoms with Gasteiger partial charge in [0.05, 0.1) is 19.5 Å². The van der Waals surface area contributed by atoms with Crippen LogP contribution in [0.4, 0.5) is 0 Å². The normalized spacial score (nSPS) is 13.6. The largest absolute Gasteiger partial charge is 0.480 e. The van der Waals surface area contributed by atoms with Crippen molar-refractivity contribution in [3.8, 4) is 0 Å². The number of hydrogen-bond donors (Lipinski definition) is 3. The lowest BCUT2D eigenvalue weighted by Gasteiger charge is -2.20. The Balaban J connectivity index is 4.35. The summed E-state index contributed by atoms with van der Waals surface area (Å²) in [5.41, 5.74) is 0. The number of aliphatic hydroxyl groups is 1. The first kappa shape index (κ1) is 16.5. The lowest BCUT2D eigenvalue weighted by atomic mass is 10.2. The SMILES string of the molecule is CCOP(=O)(CN[C@@H](CCO)C(=O)O)OCC. The number of aliphatic carboxylic acids is 1. The summed E-state index contributed by atoms with van der Waals surface area (Å²) in [6.45, 7) is 3.52. The molecule has 0 aliphatic carbocycles. The Kier molecular flexibility index (Phi) is 8.37. The van der Waals surface area contributed by atoms with Crippen molar-refractivity contribution in [2.24, 2.45) is 0 Å². The summed E-state index contributed by atoms with van der Waals surface area (Å²) in [7, 11) is -3.29. The van der Waals surface area contributed by atoms with E-state index >= 15 is 0 Å². The van der Waals surface area contributed by atoms with Gasteiger partial charge < -0.3 is 19.3 Å². The molecule has 0 aromatic rings. The van der Waals surface area contributed by atoms with Crippen LogP contribution in [0.3, 0.4) is 0 Å². The standard InChI is InChI=1S/C9H20NO6P/c1-3-15-17(14,16-4-2)7-10-8(5-6-11)9(12)13/h8,10-11H,3-7H2,1-2H3,(H,12,13)/t8-/m0/s1. The number of hydrogen-bond acceptors (Lipinski definition) is 6. The summed E-state index contributed by atoms with van der Waals surface area (Å²) in [6, 6.07) is -0.964. The van der Waals surface area contributed by atoms with E-state index in [-0.39, 0.29) is 32.5 Å². The zero-order valence-corrected chi connectivity index (χ0v) is 11.0. The third kappa shape index (κ3) is 6.75. The second-order valence-electron chi connectivity index (χ2n) is 3.21. The van der Waals surface area contributed by atoms with Gasteiger partial charge in [0.2, 0.25) is 0 Å². The van der Waals surface area contributed by atoms with Crippen LogP contribution in [0.2, 0.25) is 0 Å². The molecule has 0 radical (unpaired) electrons. The number of nitrogens with one attached hydrogen (secondary N) is 1. The zero-order valence-electron chi connectivity index (χ0n) is 10.1. The van der Waals surface area contributed by atoms with Crippen molar-refractivity contribution in [1.29, 1.82) is 0 Å². The molecule has 7 nitrogen and oxygen atoms in total. The second-order valence-corrected chi connectivity index (χ2v) is 5.27. The first-order valence-electron chi connectivity index (χ1n) is 5.44. The van der Waals surface area contributed by atoms with E-state index in [1.54, 1.807) is 13.8 Å². The van der Waals surface area contributed by atoms with Crippen LogP contribution in [0.1, 0.15) is 20.3 Å². The summed E-state index contributed by atoms with van der Waals surface area (Å²) >= 11 is 0. The number of carboxylic acids is 1. The number of rotatable bonds is 10. The number of aliphatic hydroxyl groups excluding tert-OH is 1. The molecule has 0 aliphatic rings. The Morgan fingerprint density at radius 2 is 1.88 bits per heavy atom. The molecule has 8 heteroatoms. The van der Waals surface area contributed by atoms with Gasteiger partial charge in [-0.15, -0.1) is 0 Å². The molecular formula is C9H20NO6P. The van der Waals surface area contributed by atoms with Gasteiger partial charge in [0.15, 0.2) is 0 Å². The molecule has 17 heavy (non-hydrogen) atoms. The predicted octanol–water partition coefficient (Wildman–Crippen LogP) is 0.635. The van der Waals surface area contributed by atoms with Crippen molar-refractivity contribution in [2.75, 3.05) is 26.1 Å². The molecule has 0 aromatic carbocycles. The van der Waals surface area contributed by atoms with Crippen molar-refractivity contribution < 1.29 is 28.6 Å². The van der Waals surface area contributed by atoms with Crippen molar-refractivity contribution in [3.63, 3.8) is 0 Å². The van der Waals surface area contributed by atoms with Crippen molar-refractivity contribution in [2.45, 2.75) is 26.3 Å². The summed E-state index contributed by atoms with van der Waals surface area (Å²) in [6.07, 6.45) is -0.154. The molecule has 0 amide bonds. The van der Waals surface area contributed by atoms with Gasteiger partial charge >= 0.3 is 13.6 Å². The molecule has 102 valence electrons. The molecular weight excluding hydrogens is 249 g/mol. The lowest BCUT2D eigenvalue weighted by Crippen LogP contribution is -2.38. The molecule has 0 fully saturated rings. The van der Waals surface area contributed by atoms with Crippen LogP contribution >= 0.6 is 7.60 Å². The number of carbonyl (C=O) groups is 1. The Bertz CT molecular complexity index is 262. The number of carboxylic acid groups (broad SMARTS) is 1. The highest BCUT2D eigenvalue weighted by atomic mass is 31.2. The third-order valence-corrected chi connectivity index (χ3v) is 3.77. The maximum atomic E-state index is 12.0. The van der Waals surface area contributed by atoms with Gasteiger partial charge in [-0.2, -0.15) is 0 Å². The van der Waals surface area contributed by atoms with Crippen LogP contribution < -0.4 is 5.32 Å². The van der Waals surface area contributed by atoms with Crippen LogP contribution in [0.15, 0.2) is 0 Å². The summed E-state index contributed by atoms with van der Waals surface area (Å²) in [4.78, 5) is 10.8. The quantitative estimate of drug-likeness (QED) is 0.500. The van der Waals surface area contributed by atoms with Crippen LogP contribution in [0, 0.1) is 0 Å². The zero-order chi connectivity index (χ0) is 13.3. The molecule has 3 N–H and O–H groups in total. The summed E-state index contributed by atoms with van der Waals surface area (Å²) in [5.74, 6) is -1.11. The van der Waals surface area contributed by atoms with E-state index in [1.807, 2.05) is 0 Å². The molecule has 0 unspecified atom stereocenters. The predicted molar refractivity (Wildman–Crippen MR) is 62.0 cm³/mol. The summed E-state index contributed by atoms with van der Waals surface area (Å²) in [5, 5.41) is 20.1. The van der Waals surface area contributed by atoms with Crippen LogP contribution in [0.5, 0.6) is 0 Å². The topological polar surface area (TPSA) is 105 Å². The fourth-order valence-corrected chi connectivity index (χ4v) is 2.67. The highest BCUT2D eigenvalue weighted by Crippen LogP contribution is 2.46. The van der Waals surface area contributed by atoms with Crippen molar-refractivity contribution in [1.82, 2.24) is 5.32 Å². The Hall–Kier alpha value is -0.460. The van der Waals surface area contributed by atoms with Crippen molar-refractivity contribution >= 4 is 13.6 Å². The minimum absolute atomic E-state index is 0.0353. The van der Waals surface area contributed by atoms with E-state index in [0.29, 0.717) is 0 Å². The molecule has 0 saturated carbocycles. The maximum absolute atomic E-state index is 12.0. The average molecular weight is 269 g/mol. The highest BCUT2D eigenvalue weighted by Gasteiger charge is 2.26. The van der Waals surface area contributed by atoms with Gasteiger partial charge in [0.25, 0.3) is 0 Å². The Morgan fingerprint density at radius 3 is 2.24 bits per heavy atom. The minimum atomic E-state index is -3.29. The van der Waals surface area contributed by atoms with Gasteiger partial charge in [-0.3, -0.25) is 14.7 Å². The fourth-order valence-electron chi connectivity index (χ4n) is 1.19. The van der Waals surface area contributed by atoms with E-state index in [4.69, 9.17) is 19.3 Å². The maximum Gasteiger partial charge on any atom is 0.344 e. The van der Waals surface area contributed by atoms with E-state index < -0.39 is 19.6 Å². The average Bonchev–Trinajstić information content (AvgIpc) is 2.24. The first-order valence-corrected chi connectivity index (χ1v) is 7.17. The highest BCUT2D eigenvalue weighted by molar-refractivity contribution is 7.53. The van der Waals surface area contributed by atoms with E-state index in [1.165, 1.54) is 0 Å². The van der Waals surface area contributed by atoms with Crippen LogP contribution in [0.25, 0.3) is 0 Å². The van der Waals surface area contributed by atoms with Gasteiger partial charge in [-0.1, -0.05) is 0 Å². The molecule has 0 aliphatic heterocycles. The molecule has 0 heterocycles. The molecule has 0 rings (SSSR count). The molecule has 0 spiro atoms. The van der Waals surface area contributed by atoms with Crippen LogP contribution in [-0.2, 0) is 18.4 Å². The van der Waals surface area contributed by atoms with Gasteiger partial charge in [-0.25, -0.2) is 0 Å². The monoisotopic (exact) mass is 269 g/mol. The fraction of sp³-hybridized carbons (Fsp3) is 0.889. The van der Waals surface area contributed by atoms with E-state index in [0.717, 1.165) is 0 Å². The molecule has 0 saturated heterocycles. The molecule has 0 bridgehead atoms. The Labute approximate surface area is 101 Å². The van der Waals surface area contributed by atoms with Crippen LogP contribution in [-0.4, -0.2) is 48.3 Å². The Morgan fingerprint density at radius 1 is 1.35 bits per heavy atom. The first-order chi connectivity index (χ1) is 7.99. The second kappa shape index (κ2) is 8.60. The smallest absolute Gasteiger partial charge is 0.344 e. The van der Waals surface area contributed by atoms with Gasteiger partial charge in [0.1, 0.15) is 6.04 Å². The third-order valence-electron chi connectivity index (χ3n) is 1.90. The minimum Gasteiger partial charge on any atom is -0.480 e. The summed E-state index contributed by atoms with van der Waals surface area (Å²) < 4.78 is 22.0. The van der Waals surface area contributed by atoms with E-state index in [9.17, 15) is 9.36 Å². The van der Waals surface area contributed by atoms with E-state index in [2.05, 4.69) is 5.32 Å². The van der Waals surface area contributed by atoms with Crippen molar-refractivity contribution in [3.05, 3.63) is 0 Å². The van der Waals surface area contributed by atoms with Gasteiger partial charge in [0, 0.05) is 6.61 Å². The van der Waals surface area contributed by atoms with Gasteiger partial charge in [-0.05, 0) is 20.3 Å². The lowest BCUT2D eigenvalue weighted by molar-refractivity contribution is -0.139. The molecule has 0 aromatic heterocycles. The molecule has 1 atom stereocenters.